The molecule has 14 nitrogen and oxygen atoms in total. The number of ether oxygens (including phenoxy) is 4. The lowest BCUT2D eigenvalue weighted by molar-refractivity contribution is -0.278. The number of carbonyl (C=O) groups excluding carboxylic acids is 2. The first kappa shape index (κ1) is 27.7. The highest BCUT2D eigenvalue weighted by molar-refractivity contribution is 5.91. The van der Waals surface area contributed by atoms with Crippen LogP contribution in [0.15, 0.2) is 40.8 Å². The number of fused-ring (bicyclic) bond motifs is 1. The Bertz CT molecular complexity index is 1390. The molecule has 7 N–H and O–H groups in total. The van der Waals surface area contributed by atoms with Crippen LogP contribution in [0.3, 0.4) is 0 Å². The molecule has 0 aliphatic carbocycles. The van der Waals surface area contributed by atoms with Crippen molar-refractivity contribution in [3.63, 3.8) is 0 Å². The van der Waals surface area contributed by atoms with Gasteiger partial charge in [0.05, 0.1) is 18.7 Å². The minimum Gasteiger partial charge on any atom is -0.507 e. The third-order valence-corrected chi connectivity index (χ3v) is 5.89. The summed E-state index contributed by atoms with van der Waals surface area (Å²) in [5.41, 5.74) is 0.155. The average Bonchev–Trinajstić information content (AvgIpc) is 2.89. The fourth-order valence-corrected chi connectivity index (χ4v) is 3.83. The van der Waals surface area contributed by atoms with Crippen molar-refractivity contribution in [1.82, 2.24) is 0 Å². The summed E-state index contributed by atoms with van der Waals surface area (Å²) in [6.45, 7) is -0.624. The van der Waals surface area contributed by atoms with Gasteiger partial charge in [-0.1, -0.05) is 0 Å². The zero-order valence-corrected chi connectivity index (χ0v) is 20.3. The number of esters is 2. The van der Waals surface area contributed by atoms with E-state index in [1.807, 2.05) is 0 Å². The Morgan fingerprint density at radius 2 is 1.64 bits per heavy atom. The Morgan fingerprint density at radius 1 is 0.897 bits per heavy atom. The van der Waals surface area contributed by atoms with Crippen LogP contribution in [0.4, 0.5) is 0 Å². The molecular formula is C25H25O14+. The Hall–Kier alpha value is -4.37. The number of aromatic hydroxyl groups is 4. The quantitative estimate of drug-likeness (QED) is 0.0922. The van der Waals surface area contributed by atoms with Crippen LogP contribution in [0.1, 0.15) is 6.42 Å². The summed E-state index contributed by atoms with van der Waals surface area (Å²) in [5.74, 6) is -3.79. The molecule has 2 heterocycles. The van der Waals surface area contributed by atoms with Crippen LogP contribution in [0.5, 0.6) is 28.7 Å². The number of methoxy groups -OCH3 is 1. The van der Waals surface area contributed by atoms with Gasteiger partial charge < -0.3 is 54.7 Å². The molecule has 1 aliphatic rings. The second kappa shape index (κ2) is 11.2. The Balaban J connectivity index is 1.67. The number of phenolic OH excluding ortho intramolecular Hbond substituents is 4. The van der Waals surface area contributed by atoms with Gasteiger partial charge in [-0.15, -0.1) is 0 Å². The molecule has 0 spiro atoms. The van der Waals surface area contributed by atoms with Crippen molar-refractivity contribution in [3.8, 4) is 40.1 Å². The van der Waals surface area contributed by atoms with E-state index in [-0.39, 0.29) is 33.8 Å². The van der Waals surface area contributed by atoms with Gasteiger partial charge >= 0.3 is 23.3 Å². The molecule has 1 saturated heterocycles. The number of benzene rings is 2. The van der Waals surface area contributed by atoms with E-state index in [2.05, 4.69) is 4.74 Å². The topological polar surface area (TPSA) is 224 Å². The summed E-state index contributed by atoms with van der Waals surface area (Å²) in [4.78, 5) is 23.1. The fourth-order valence-electron chi connectivity index (χ4n) is 3.83. The summed E-state index contributed by atoms with van der Waals surface area (Å²) >= 11 is 0. The molecule has 1 fully saturated rings. The van der Waals surface area contributed by atoms with E-state index in [4.69, 9.17) is 18.6 Å². The Labute approximate surface area is 219 Å². The minimum absolute atomic E-state index is 0.00150. The predicted octanol–water partition coefficient (Wildman–Crippen LogP) is 0.496. The Kier molecular flexibility index (Phi) is 7.92. The first-order valence-electron chi connectivity index (χ1n) is 11.4. The zero-order valence-electron chi connectivity index (χ0n) is 20.3. The maximum absolute atomic E-state index is 11.8. The number of carbonyl (C=O) groups is 2. The standard InChI is InChI=1S/C25H24O14/c1-35-19(30)8-20(31)36-9-18-21(32)22(33)23(34)25(39-18)38-17-7-12-14(28)5-11(26)6-16(12)37-24(17)10-2-3-13(27)15(29)4-10/h2-7,18,21-23,25,32-34H,8-9H2,1H3,(H3-,26,27,28,29)/p+1/t18-,21-,22+,23-,25-/m1/s1. The molecule has 0 radical (unpaired) electrons. The second-order valence-corrected chi connectivity index (χ2v) is 8.59. The van der Waals surface area contributed by atoms with Gasteiger partial charge in [-0.05, 0) is 12.1 Å². The molecule has 1 aliphatic heterocycles. The molecule has 39 heavy (non-hydrogen) atoms. The summed E-state index contributed by atoms with van der Waals surface area (Å²) in [5, 5.41) is 71.2. The highest BCUT2D eigenvalue weighted by atomic mass is 16.7. The van der Waals surface area contributed by atoms with E-state index in [0.29, 0.717) is 0 Å². The van der Waals surface area contributed by atoms with Gasteiger partial charge in [0.15, 0.2) is 11.5 Å². The van der Waals surface area contributed by atoms with Gasteiger partial charge in [-0.2, -0.15) is 0 Å². The van der Waals surface area contributed by atoms with Gasteiger partial charge in [0, 0.05) is 18.2 Å². The van der Waals surface area contributed by atoms with Gasteiger partial charge in [-0.25, -0.2) is 4.42 Å². The third-order valence-electron chi connectivity index (χ3n) is 5.89. The highest BCUT2D eigenvalue weighted by Gasteiger charge is 2.46. The number of aliphatic hydroxyl groups is 3. The number of rotatable bonds is 7. The van der Waals surface area contributed by atoms with Crippen LogP contribution >= 0.6 is 0 Å². The van der Waals surface area contributed by atoms with Gasteiger partial charge in [0.1, 0.15) is 54.3 Å². The lowest BCUT2D eigenvalue weighted by Crippen LogP contribution is -2.60. The van der Waals surface area contributed by atoms with E-state index < -0.39 is 72.9 Å². The fraction of sp³-hybridized carbons (Fsp3) is 0.320. The van der Waals surface area contributed by atoms with E-state index in [1.165, 1.54) is 24.3 Å². The molecule has 3 aromatic rings. The third kappa shape index (κ3) is 5.88. The van der Waals surface area contributed by atoms with Gasteiger partial charge in [0.25, 0.3) is 0 Å². The minimum atomic E-state index is -1.83. The van der Waals surface area contributed by atoms with Crippen molar-refractivity contribution in [2.45, 2.75) is 37.1 Å². The monoisotopic (exact) mass is 549 g/mol. The summed E-state index contributed by atoms with van der Waals surface area (Å²) in [6.07, 6.45) is -9.16. The maximum atomic E-state index is 11.8. The SMILES string of the molecule is COC(=O)CC(=O)OC[C@H]1O[C@@H](Oc2cc3c(O)cc(O)cc3[o+]c2-c2ccc(O)c(O)c2)[C@H](O)[C@@H](O)[C@@H]1O. The molecular weight excluding hydrogens is 524 g/mol. The summed E-state index contributed by atoms with van der Waals surface area (Å²) in [6, 6.07) is 7.17. The molecule has 1 aromatic heterocycles. The molecule has 2 aromatic carbocycles. The normalized spacial score (nSPS) is 22.8. The van der Waals surface area contributed by atoms with Crippen molar-refractivity contribution in [1.29, 1.82) is 0 Å². The zero-order chi connectivity index (χ0) is 28.4. The molecule has 4 rings (SSSR count). The highest BCUT2D eigenvalue weighted by Crippen LogP contribution is 2.42. The molecule has 208 valence electrons. The smallest absolute Gasteiger partial charge is 0.402 e. The molecule has 0 unspecified atom stereocenters. The van der Waals surface area contributed by atoms with Crippen molar-refractivity contribution < 1.29 is 68.7 Å². The Morgan fingerprint density at radius 3 is 2.33 bits per heavy atom. The van der Waals surface area contributed by atoms with Crippen molar-refractivity contribution in [2.24, 2.45) is 0 Å². The van der Waals surface area contributed by atoms with E-state index in [0.717, 1.165) is 19.2 Å². The number of hydrogen-bond donors (Lipinski definition) is 7. The maximum Gasteiger partial charge on any atom is 0.402 e. The molecule has 0 saturated carbocycles. The van der Waals surface area contributed by atoms with Gasteiger partial charge in [-0.3, -0.25) is 9.59 Å². The lowest BCUT2D eigenvalue weighted by atomic mass is 9.99. The largest absolute Gasteiger partial charge is 0.507 e. The first-order valence-corrected chi connectivity index (χ1v) is 11.4. The van der Waals surface area contributed by atoms with Gasteiger partial charge in [0.2, 0.25) is 12.0 Å². The van der Waals surface area contributed by atoms with E-state index in [9.17, 15) is 45.3 Å². The molecule has 0 amide bonds. The summed E-state index contributed by atoms with van der Waals surface area (Å²) < 4.78 is 26.4. The van der Waals surface area contributed by atoms with E-state index in [1.54, 1.807) is 0 Å². The molecule has 5 atom stereocenters. The second-order valence-electron chi connectivity index (χ2n) is 8.59. The van der Waals surface area contributed by atoms with E-state index >= 15 is 0 Å². The van der Waals surface area contributed by atoms with Crippen molar-refractivity contribution >= 4 is 22.9 Å². The van der Waals surface area contributed by atoms with Crippen LogP contribution in [0.25, 0.3) is 22.3 Å². The van der Waals surface area contributed by atoms with Crippen LogP contribution < -0.4 is 4.74 Å². The molecule has 0 bridgehead atoms. The van der Waals surface area contributed by atoms with Crippen molar-refractivity contribution in [2.75, 3.05) is 13.7 Å². The number of aliphatic hydroxyl groups excluding tert-OH is 3. The number of hydrogen-bond acceptors (Lipinski definition) is 13. The average molecular weight is 549 g/mol. The number of phenols is 4. The van der Waals surface area contributed by atoms with Crippen LogP contribution in [0, 0.1) is 0 Å². The first-order chi connectivity index (χ1) is 18.5. The van der Waals surface area contributed by atoms with Crippen molar-refractivity contribution in [3.05, 3.63) is 36.4 Å². The van der Waals surface area contributed by atoms with Crippen LogP contribution in [-0.4, -0.2) is 92.1 Å². The lowest BCUT2D eigenvalue weighted by Gasteiger charge is -2.39. The predicted molar refractivity (Wildman–Crippen MR) is 128 cm³/mol. The van der Waals surface area contributed by atoms with Crippen LogP contribution in [0.2, 0.25) is 0 Å². The van der Waals surface area contributed by atoms with Crippen LogP contribution in [-0.2, 0) is 23.8 Å². The molecule has 14 heteroatoms. The summed E-state index contributed by atoms with van der Waals surface area (Å²) in [7, 11) is 1.08.